The number of carbonyl (C=O) groups is 1. The van der Waals surface area contributed by atoms with E-state index in [1.807, 2.05) is 18.4 Å². The standard InChI is InChI=1S/C11H11ClN4O2S/c1-2-16-6-7(12)9(14-16)11(17)18-15-10(13)8-4-3-5-19-8/h3-6H,2H2,1H3,(H2,13,15). The van der Waals surface area contributed by atoms with Crippen molar-refractivity contribution in [1.29, 1.82) is 0 Å². The average Bonchev–Trinajstić information content (AvgIpc) is 3.04. The molecule has 0 aromatic carbocycles. The van der Waals surface area contributed by atoms with Crippen LogP contribution in [0.15, 0.2) is 28.9 Å². The van der Waals surface area contributed by atoms with E-state index < -0.39 is 5.97 Å². The molecule has 8 heteroatoms. The molecule has 2 rings (SSSR count). The molecular formula is C11H11ClN4O2S. The molecular weight excluding hydrogens is 288 g/mol. The van der Waals surface area contributed by atoms with E-state index in [0.29, 0.717) is 6.54 Å². The lowest BCUT2D eigenvalue weighted by Gasteiger charge is -1.97. The minimum atomic E-state index is -0.739. The number of nitrogens with two attached hydrogens (primary N) is 1. The molecule has 0 radical (unpaired) electrons. The lowest BCUT2D eigenvalue weighted by Crippen LogP contribution is -2.14. The maximum Gasteiger partial charge on any atom is 0.387 e. The lowest BCUT2D eigenvalue weighted by molar-refractivity contribution is 0.0508. The van der Waals surface area contributed by atoms with Gasteiger partial charge in [-0.15, -0.1) is 11.3 Å². The molecule has 2 aromatic rings. The lowest BCUT2D eigenvalue weighted by atomic mass is 10.4. The van der Waals surface area contributed by atoms with Crippen molar-refractivity contribution < 1.29 is 9.63 Å². The SMILES string of the molecule is CCn1cc(Cl)c(C(=O)O/N=C(\N)c2cccs2)n1. The molecule has 100 valence electrons. The first-order chi connectivity index (χ1) is 9.11. The quantitative estimate of drug-likeness (QED) is 0.405. The van der Waals surface area contributed by atoms with Crippen molar-refractivity contribution in [2.75, 3.05) is 0 Å². The van der Waals surface area contributed by atoms with E-state index in [9.17, 15) is 4.79 Å². The zero-order valence-corrected chi connectivity index (χ0v) is 11.6. The van der Waals surface area contributed by atoms with E-state index in [1.54, 1.807) is 12.3 Å². The first-order valence-electron chi connectivity index (χ1n) is 5.43. The van der Waals surface area contributed by atoms with Gasteiger partial charge in [-0.1, -0.05) is 22.8 Å². The largest absolute Gasteiger partial charge is 0.387 e. The maximum atomic E-state index is 11.7. The van der Waals surface area contributed by atoms with Gasteiger partial charge in [-0.25, -0.2) is 4.79 Å². The molecule has 0 aliphatic rings. The van der Waals surface area contributed by atoms with Crippen molar-refractivity contribution in [2.45, 2.75) is 13.5 Å². The Kier molecular flexibility index (Phi) is 4.18. The van der Waals surface area contributed by atoms with Crippen LogP contribution in [0, 0.1) is 0 Å². The molecule has 6 nitrogen and oxygen atoms in total. The van der Waals surface area contributed by atoms with E-state index in [4.69, 9.17) is 22.2 Å². The second-order valence-electron chi connectivity index (χ2n) is 3.51. The average molecular weight is 299 g/mol. The van der Waals surface area contributed by atoms with Gasteiger partial charge in [-0.05, 0) is 18.4 Å². The highest BCUT2D eigenvalue weighted by Gasteiger charge is 2.17. The summed E-state index contributed by atoms with van der Waals surface area (Å²) < 4.78 is 1.53. The van der Waals surface area contributed by atoms with Gasteiger partial charge in [-0.2, -0.15) is 5.10 Å². The van der Waals surface area contributed by atoms with Gasteiger partial charge in [-0.3, -0.25) is 4.68 Å². The second kappa shape index (κ2) is 5.85. The molecule has 0 aliphatic heterocycles. The number of hydrogen-bond acceptors (Lipinski definition) is 5. The van der Waals surface area contributed by atoms with Gasteiger partial charge in [0, 0.05) is 12.7 Å². The zero-order valence-electron chi connectivity index (χ0n) is 10.0. The van der Waals surface area contributed by atoms with Crippen LogP contribution in [0.5, 0.6) is 0 Å². The summed E-state index contributed by atoms with van der Waals surface area (Å²) in [5, 5.41) is 9.60. The number of amidine groups is 1. The Morgan fingerprint density at radius 2 is 2.47 bits per heavy atom. The molecule has 0 amide bonds. The summed E-state index contributed by atoms with van der Waals surface area (Å²) in [7, 11) is 0. The topological polar surface area (TPSA) is 82.5 Å². The Labute approximate surface area is 118 Å². The fourth-order valence-corrected chi connectivity index (χ4v) is 2.15. The van der Waals surface area contributed by atoms with E-state index in [2.05, 4.69) is 10.3 Å². The van der Waals surface area contributed by atoms with Gasteiger partial charge >= 0.3 is 5.97 Å². The molecule has 2 N–H and O–H groups in total. The number of thiophene rings is 1. The number of aromatic nitrogens is 2. The normalized spacial score (nSPS) is 11.6. The number of halogens is 1. The number of rotatable bonds is 4. The minimum absolute atomic E-state index is 0.0197. The van der Waals surface area contributed by atoms with Crippen LogP contribution in [0.4, 0.5) is 0 Å². The molecule has 2 heterocycles. The Balaban J connectivity index is 2.09. The van der Waals surface area contributed by atoms with Gasteiger partial charge in [0.15, 0.2) is 11.5 Å². The Morgan fingerprint density at radius 3 is 3.05 bits per heavy atom. The molecule has 0 atom stereocenters. The summed E-state index contributed by atoms with van der Waals surface area (Å²) in [5.74, 6) is -0.605. The Morgan fingerprint density at radius 1 is 1.68 bits per heavy atom. The highest BCUT2D eigenvalue weighted by atomic mass is 35.5. The first-order valence-corrected chi connectivity index (χ1v) is 6.69. The molecule has 0 saturated carbocycles. The van der Waals surface area contributed by atoms with Gasteiger partial charge in [0.2, 0.25) is 0 Å². The summed E-state index contributed by atoms with van der Waals surface area (Å²) in [6, 6.07) is 3.60. The van der Waals surface area contributed by atoms with Crippen molar-refractivity contribution in [3.05, 3.63) is 39.3 Å². The molecule has 0 fully saturated rings. The van der Waals surface area contributed by atoms with Crippen LogP contribution >= 0.6 is 22.9 Å². The fourth-order valence-electron chi connectivity index (χ4n) is 1.30. The van der Waals surface area contributed by atoms with Crippen LogP contribution in [0.3, 0.4) is 0 Å². The highest BCUT2D eigenvalue weighted by Crippen LogP contribution is 2.15. The fraction of sp³-hybridized carbons (Fsp3) is 0.182. The number of nitrogens with zero attached hydrogens (tertiary/aromatic N) is 3. The third-order valence-electron chi connectivity index (χ3n) is 2.23. The van der Waals surface area contributed by atoms with E-state index in [0.717, 1.165) is 4.88 Å². The van der Waals surface area contributed by atoms with Crippen molar-refractivity contribution in [1.82, 2.24) is 9.78 Å². The van der Waals surface area contributed by atoms with E-state index in [-0.39, 0.29) is 16.6 Å². The van der Waals surface area contributed by atoms with Gasteiger partial charge < -0.3 is 10.6 Å². The minimum Gasteiger partial charge on any atom is -0.380 e. The third kappa shape index (κ3) is 3.12. The molecule has 0 saturated heterocycles. The third-order valence-corrected chi connectivity index (χ3v) is 3.40. The van der Waals surface area contributed by atoms with Crippen molar-refractivity contribution in [3.8, 4) is 0 Å². The Hall–Kier alpha value is -1.86. The molecule has 19 heavy (non-hydrogen) atoms. The monoisotopic (exact) mass is 298 g/mol. The summed E-state index contributed by atoms with van der Waals surface area (Å²) in [6.07, 6.45) is 1.55. The van der Waals surface area contributed by atoms with Crippen LogP contribution in [-0.4, -0.2) is 21.6 Å². The maximum absolute atomic E-state index is 11.7. The van der Waals surface area contributed by atoms with Crippen molar-refractivity contribution in [2.24, 2.45) is 10.9 Å². The van der Waals surface area contributed by atoms with Crippen molar-refractivity contribution >= 4 is 34.7 Å². The van der Waals surface area contributed by atoms with Gasteiger partial charge in [0.05, 0.1) is 9.90 Å². The molecule has 2 aromatic heterocycles. The van der Waals surface area contributed by atoms with Crippen LogP contribution < -0.4 is 5.73 Å². The number of hydrogen-bond donors (Lipinski definition) is 1. The first kappa shape index (κ1) is 13.6. The predicted octanol–water partition coefficient (Wildman–Crippen LogP) is 2.10. The summed E-state index contributed by atoms with van der Waals surface area (Å²) >= 11 is 7.27. The molecule has 0 spiro atoms. The summed E-state index contributed by atoms with van der Waals surface area (Å²) in [5.41, 5.74) is 5.68. The Bertz CT molecular complexity index is 606. The van der Waals surface area contributed by atoms with Gasteiger partial charge in [0.25, 0.3) is 0 Å². The van der Waals surface area contributed by atoms with Crippen molar-refractivity contribution in [3.63, 3.8) is 0 Å². The van der Waals surface area contributed by atoms with Crippen LogP contribution in [0.25, 0.3) is 0 Å². The molecule has 0 unspecified atom stereocenters. The van der Waals surface area contributed by atoms with Crippen LogP contribution in [0.1, 0.15) is 22.3 Å². The molecule has 0 bridgehead atoms. The van der Waals surface area contributed by atoms with Gasteiger partial charge in [0.1, 0.15) is 0 Å². The zero-order chi connectivity index (χ0) is 13.8. The highest BCUT2D eigenvalue weighted by molar-refractivity contribution is 7.12. The smallest absolute Gasteiger partial charge is 0.380 e. The molecule has 0 aliphatic carbocycles. The second-order valence-corrected chi connectivity index (χ2v) is 4.87. The number of aryl methyl sites for hydroxylation is 1. The van der Waals surface area contributed by atoms with Crippen LogP contribution in [0.2, 0.25) is 5.02 Å². The summed E-state index contributed by atoms with van der Waals surface area (Å²) in [4.78, 5) is 17.2. The number of oxime groups is 1. The van der Waals surface area contributed by atoms with E-state index in [1.165, 1.54) is 16.0 Å². The summed E-state index contributed by atoms with van der Waals surface area (Å²) in [6.45, 7) is 2.49. The predicted molar refractivity (Wildman–Crippen MR) is 73.4 cm³/mol. The van der Waals surface area contributed by atoms with E-state index >= 15 is 0 Å². The number of carbonyl (C=O) groups excluding carboxylic acids is 1. The van der Waals surface area contributed by atoms with Crippen LogP contribution in [-0.2, 0) is 11.4 Å².